The first-order valence-electron chi connectivity index (χ1n) is 4.11. The summed E-state index contributed by atoms with van der Waals surface area (Å²) in [4.78, 5) is 9.81. The van der Waals surface area contributed by atoms with Gasteiger partial charge in [-0.2, -0.15) is 0 Å². The zero-order chi connectivity index (χ0) is 10.6. The van der Waals surface area contributed by atoms with E-state index in [9.17, 15) is 10.1 Å². The fourth-order valence-electron chi connectivity index (χ4n) is 0.938. The zero-order valence-corrected chi connectivity index (χ0v) is 7.65. The van der Waals surface area contributed by atoms with Crippen molar-refractivity contribution in [1.29, 1.82) is 0 Å². The van der Waals surface area contributed by atoms with Crippen molar-refractivity contribution in [3.8, 4) is 5.75 Å². The summed E-state index contributed by atoms with van der Waals surface area (Å²) in [6.07, 6.45) is 0. The van der Waals surface area contributed by atoms with Gasteiger partial charge in [0.05, 0.1) is 10.6 Å². The van der Waals surface area contributed by atoms with E-state index in [0.29, 0.717) is 12.2 Å². The standard InChI is InChI=1S/C8H11N3O3/c1-2-9-10-6-3-4-8(12)7(5-6)11(13)14/h3-5,9-10,12H,2H2,1H3. The number of hydrogen-bond acceptors (Lipinski definition) is 5. The molecule has 0 radical (unpaired) electrons. The molecule has 0 bridgehead atoms. The molecule has 0 saturated carbocycles. The molecule has 0 heterocycles. The van der Waals surface area contributed by atoms with Crippen molar-refractivity contribution in [3.05, 3.63) is 28.3 Å². The van der Waals surface area contributed by atoms with Gasteiger partial charge in [-0.25, -0.2) is 5.43 Å². The summed E-state index contributed by atoms with van der Waals surface area (Å²) in [5.74, 6) is -0.336. The number of hydrazine groups is 1. The van der Waals surface area contributed by atoms with Crippen LogP contribution in [0.15, 0.2) is 18.2 Å². The highest BCUT2D eigenvalue weighted by Gasteiger charge is 2.12. The summed E-state index contributed by atoms with van der Waals surface area (Å²) in [7, 11) is 0. The van der Waals surface area contributed by atoms with Crippen molar-refractivity contribution in [2.45, 2.75) is 6.92 Å². The van der Waals surface area contributed by atoms with E-state index in [1.165, 1.54) is 12.1 Å². The third-order valence-electron chi connectivity index (χ3n) is 1.58. The molecule has 0 aromatic heterocycles. The number of anilines is 1. The number of rotatable bonds is 4. The topological polar surface area (TPSA) is 87.4 Å². The molecule has 0 amide bonds. The number of aromatic hydroxyl groups is 1. The number of benzene rings is 1. The molecule has 6 heteroatoms. The van der Waals surface area contributed by atoms with Gasteiger partial charge in [-0.05, 0) is 12.1 Å². The van der Waals surface area contributed by atoms with E-state index in [1.807, 2.05) is 6.92 Å². The van der Waals surface area contributed by atoms with Gasteiger partial charge < -0.3 is 10.5 Å². The van der Waals surface area contributed by atoms with Crippen LogP contribution in [0.3, 0.4) is 0 Å². The Bertz CT molecular complexity index is 341. The van der Waals surface area contributed by atoms with Gasteiger partial charge in [0.1, 0.15) is 0 Å². The Morgan fingerprint density at radius 2 is 2.29 bits per heavy atom. The molecular weight excluding hydrogens is 186 g/mol. The smallest absolute Gasteiger partial charge is 0.312 e. The lowest BCUT2D eigenvalue weighted by atomic mass is 10.2. The van der Waals surface area contributed by atoms with Gasteiger partial charge in [-0.1, -0.05) is 6.92 Å². The summed E-state index contributed by atoms with van der Waals surface area (Å²) in [6.45, 7) is 2.58. The van der Waals surface area contributed by atoms with Gasteiger partial charge >= 0.3 is 5.69 Å². The van der Waals surface area contributed by atoms with Gasteiger partial charge in [0, 0.05) is 12.6 Å². The molecule has 0 fully saturated rings. The monoisotopic (exact) mass is 197 g/mol. The molecule has 0 unspecified atom stereocenters. The lowest BCUT2D eigenvalue weighted by molar-refractivity contribution is -0.385. The Morgan fingerprint density at radius 1 is 1.57 bits per heavy atom. The highest BCUT2D eigenvalue weighted by molar-refractivity contribution is 5.57. The zero-order valence-electron chi connectivity index (χ0n) is 7.65. The van der Waals surface area contributed by atoms with Crippen molar-refractivity contribution in [1.82, 2.24) is 5.43 Å². The Kier molecular flexibility index (Phi) is 3.24. The summed E-state index contributed by atoms with van der Waals surface area (Å²) < 4.78 is 0. The number of nitrogens with zero attached hydrogens (tertiary/aromatic N) is 1. The molecule has 0 spiro atoms. The van der Waals surface area contributed by atoms with Crippen LogP contribution in [0.5, 0.6) is 5.75 Å². The molecule has 76 valence electrons. The van der Waals surface area contributed by atoms with Crippen LogP contribution in [0.1, 0.15) is 6.92 Å². The number of hydrogen-bond donors (Lipinski definition) is 3. The van der Waals surface area contributed by atoms with E-state index < -0.39 is 4.92 Å². The summed E-state index contributed by atoms with van der Waals surface area (Å²) in [5.41, 5.74) is 5.77. The summed E-state index contributed by atoms with van der Waals surface area (Å²) in [6, 6.07) is 4.08. The normalized spacial score (nSPS) is 9.79. The summed E-state index contributed by atoms with van der Waals surface area (Å²) >= 11 is 0. The van der Waals surface area contributed by atoms with Crippen molar-refractivity contribution >= 4 is 11.4 Å². The fraction of sp³-hybridized carbons (Fsp3) is 0.250. The van der Waals surface area contributed by atoms with E-state index in [2.05, 4.69) is 10.9 Å². The molecule has 1 aromatic carbocycles. The minimum Gasteiger partial charge on any atom is -0.502 e. The molecular formula is C8H11N3O3. The number of phenols is 1. The third kappa shape index (κ3) is 2.33. The number of nitro groups is 1. The lowest BCUT2D eigenvalue weighted by Gasteiger charge is -2.05. The maximum Gasteiger partial charge on any atom is 0.312 e. The van der Waals surface area contributed by atoms with Gasteiger partial charge in [-0.3, -0.25) is 10.1 Å². The first-order valence-corrected chi connectivity index (χ1v) is 4.11. The van der Waals surface area contributed by atoms with Gasteiger partial charge in [0.25, 0.3) is 0 Å². The Hall–Kier alpha value is -1.82. The number of nitro benzene ring substituents is 1. The molecule has 0 atom stereocenters. The molecule has 1 aromatic rings. The third-order valence-corrected chi connectivity index (χ3v) is 1.58. The van der Waals surface area contributed by atoms with Crippen molar-refractivity contribution < 1.29 is 10.0 Å². The van der Waals surface area contributed by atoms with Crippen LogP contribution in [0.2, 0.25) is 0 Å². The second kappa shape index (κ2) is 4.43. The van der Waals surface area contributed by atoms with Crippen LogP contribution in [-0.2, 0) is 0 Å². The minimum atomic E-state index is -0.632. The van der Waals surface area contributed by atoms with Crippen molar-refractivity contribution in [3.63, 3.8) is 0 Å². The van der Waals surface area contributed by atoms with E-state index in [0.717, 1.165) is 0 Å². The fourth-order valence-corrected chi connectivity index (χ4v) is 0.938. The Labute approximate surface area is 80.7 Å². The van der Waals surface area contributed by atoms with Crippen LogP contribution in [-0.4, -0.2) is 16.6 Å². The van der Waals surface area contributed by atoms with E-state index in [4.69, 9.17) is 5.11 Å². The molecule has 3 N–H and O–H groups in total. The second-order valence-corrected chi connectivity index (χ2v) is 2.62. The average molecular weight is 197 g/mol. The van der Waals surface area contributed by atoms with Crippen molar-refractivity contribution in [2.24, 2.45) is 0 Å². The Balaban J connectivity index is 2.89. The molecule has 0 aliphatic heterocycles. The van der Waals surface area contributed by atoms with E-state index in [1.54, 1.807) is 6.07 Å². The SMILES string of the molecule is CCNNc1ccc(O)c([N+](=O)[O-])c1. The molecule has 0 aliphatic carbocycles. The van der Waals surface area contributed by atoms with Crippen LogP contribution in [0, 0.1) is 10.1 Å². The summed E-state index contributed by atoms with van der Waals surface area (Å²) in [5, 5.41) is 19.6. The largest absolute Gasteiger partial charge is 0.502 e. The minimum absolute atomic E-state index is 0.312. The molecule has 0 aliphatic rings. The first-order chi connectivity index (χ1) is 6.65. The lowest BCUT2D eigenvalue weighted by Crippen LogP contribution is -2.20. The predicted octanol–water partition coefficient (Wildman–Crippen LogP) is 1.24. The van der Waals surface area contributed by atoms with E-state index >= 15 is 0 Å². The highest BCUT2D eigenvalue weighted by atomic mass is 16.6. The predicted molar refractivity (Wildman–Crippen MR) is 52.1 cm³/mol. The molecule has 1 rings (SSSR count). The van der Waals surface area contributed by atoms with Gasteiger partial charge in [0.2, 0.25) is 0 Å². The molecule has 14 heavy (non-hydrogen) atoms. The maximum absolute atomic E-state index is 10.4. The second-order valence-electron chi connectivity index (χ2n) is 2.62. The highest BCUT2D eigenvalue weighted by Crippen LogP contribution is 2.27. The van der Waals surface area contributed by atoms with Gasteiger partial charge in [0.15, 0.2) is 5.75 Å². The molecule has 6 nitrogen and oxygen atoms in total. The van der Waals surface area contributed by atoms with Crippen LogP contribution in [0.4, 0.5) is 11.4 Å². The quantitative estimate of drug-likeness (QED) is 0.384. The number of phenolic OH excluding ortho intramolecular Hbond substituents is 1. The first kappa shape index (κ1) is 10.3. The van der Waals surface area contributed by atoms with Crippen LogP contribution < -0.4 is 10.9 Å². The van der Waals surface area contributed by atoms with Gasteiger partial charge in [-0.15, -0.1) is 0 Å². The van der Waals surface area contributed by atoms with Crippen molar-refractivity contribution in [2.75, 3.05) is 12.0 Å². The van der Waals surface area contributed by atoms with Crippen LogP contribution in [0.25, 0.3) is 0 Å². The molecule has 0 saturated heterocycles. The van der Waals surface area contributed by atoms with Crippen LogP contribution >= 0.6 is 0 Å². The number of nitrogens with one attached hydrogen (secondary N) is 2. The maximum atomic E-state index is 10.4. The van der Waals surface area contributed by atoms with E-state index in [-0.39, 0.29) is 11.4 Å². The average Bonchev–Trinajstić information content (AvgIpc) is 2.16. The Morgan fingerprint density at radius 3 is 2.86 bits per heavy atom.